The van der Waals surface area contributed by atoms with Crippen LogP contribution in [0.15, 0.2) is 163 Å². The Morgan fingerprint density at radius 3 is 1.66 bits per heavy atom. The predicted molar refractivity (Wildman–Crippen MR) is 189 cm³/mol. The molecule has 2 nitrogen and oxygen atoms in total. The number of benzene rings is 5. The van der Waals surface area contributed by atoms with Gasteiger partial charge in [-0.25, -0.2) is 0 Å². The number of ether oxygens (including phenoxy) is 2. The van der Waals surface area contributed by atoms with Crippen LogP contribution in [-0.2, 0) is 4.74 Å². The smallest absolute Gasteiger partial charge is 0.123 e. The van der Waals surface area contributed by atoms with Crippen molar-refractivity contribution >= 4 is 42.4 Å². The van der Waals surface area contributed by atoms with Gasteiger partial charge in [-0.15, -0.1) is 0 Å². The quantitative estimate of drug-likeness (QED) is 0.184. The first kappa shape index (κ1) is 28.9. The molecule has 218 valence electrons. The van der Waals surface area contributed by atoms with E-state index in [0.29, 0.717) is 13.2 Å². The molecular weight excluding hydrogens is 574 g/mol. The Balaban J connectivity index is 1.51. The van der Waals surface area contributed by atoms with Gasteiger partial charge in [0.2, 0.25) is 0 Å². The minimum atomic E-state index is -0.871. The van der Waals surface area contributed by atoms with Gasteiger partial charge >= 0.3 is 0 Å². The van der Waals surface area contributed by atoms with Gasteiger partial charge in [-0.2, -0.15) is 0 Å². The van der Waals surface area contributed by atoms with Crippen LogP contribution < -0.4 is 31.3 Å². The molecule has 1 aliphatic carbocycles. The van der Waals surface area contributed by atoms with Crippen LogP contribution in [0.2, 0.25) is 0 Å². The monoisotopic (exact) mass is 610 g/mol. The van der Waals surface area contributed by atoms with E-state index >= 15 is 0 Å². The highest BCUT2D eigenvalue weighted by molar-refractivity contribution is 7.80. The molecule has 0 bridgehead atoms. The summed E-state index contributed by atoms with van der Waals surface area (Å²) < 4.78 is 13.6. The van der Waals surface area contributed by atoms with Gasteiger partial charge in [-0.05, 0) is 60.7 Å². The molecule has 44 heavy (non-hydrogen) atoms. The molecule has 2 aliphatic rings. The summed E-state index contributed by atoms with van der Waals surface area (Å²) in [5.74, 6) is 0.932. The lowest BCUT2D eigenvalue weighted by Gasteiger charge is -2.43. The fraction of sp³-hybridized carbons (Fsp3) is 0.150. The molecule has 7 rings (SSSR count). The highest BCUT2D eigenvalue weighted by atomic mass is 31.1. The molecule has 0 saturated heterocycles. The van der Waals surface area contributed by atoms with Crippen LogP contribution in [0.1, 0.15) is 24.8 Å². The summed E-state index contributed by atoms with van der Waals surface area (Å²) in [7, 11) is -1.73. The second-order valence-electron chi connectivity index (χ2n) is 11.3. The van der Waals surface area contributed by atoms with Crippen LogP contribution >= 0.6 is 15.8 Å². The summed E-state index contributed by atoms with van der Waals surface area (Å²) >= 11 is 0. The van der Waals surface area contributed by atoms with Gasteiger partial charge in [0.25, 0.3) is 0 Å². The van der Waals surface area contributed by atoms with Crippen molar-refractivity contribution in [1.29, 1.82) is 0 Å². The molecule has 0 N–H and O–H groups in total. The Kier molecular flexibility index (Phi) is 8.59. The first-order valence-electron chi connectivity index (χ1n) is 15.3. The zero-order chi connectivity index (χ0) is 29.8. The van der Waals surface area contributed by atoms with Crippen LogP contribution in [0, 0.1) is 0 Å². The maximum atomic E-state index is 6.92. The molecule has 2 atom stereocenters. The molecule has 0 spiro atoms. The Labute approximate surface area is 263 Å². The summed E-state index contributed by atoms with van der Waals surface area (Å²) in [6, 6.07) is 50.7. The minimum Gasteiger partial charge on any atom is -0.493 e. The van der Waals surface area contributed by atoms with Crippen molar-refractivity contribution in [3.8, 4) is 5.75 Å². The van der Waals surface area contributed by atoms with E-state index in [2.05, 4.69) is 165 Å². The molecule has 0 saturated carbocycles. The van der Waals surface area contributed by atoms with Crippen LogP contribution in [0.4, 0.5) is 0 Å². The fourth-order valence-electron chi connectivity index (χ4n) is 6.45. The summed E-state index contributed by atoms with van der Waals surface area (Å²) in [5.41, 5.74) is 0.715. The van der Waals surface area contributed by atoms with Gasteiger partial charge in [0.1, 0.15) is 5.75 Å². The number of hydrogen-bond donors (Lipinski definition) is 0. The minimum absolute atomic E-state index is 0.0410. The largest absolute Gasteiger partial charge is 0.493 e. The van der Waals surface area contributed by atoms with E-state index in [1.165, 1.54) is 37.4 Å². The van der Waals surface area contributed by atoms with E-state index in [0.717, 1.165) is 12.2 Å². The molecule has 0 radical (unpaired) electrons. The average Bonchev–Trinajstić information content (AvgIpc) is 3.15. The lowest BCUT2D eigenvalue weighted by atomic mass is 9.79. The third-order valence-electron chi connectivity index (χ3n) is 8.41. The third kappa shape index (κ3) is 5.71. The highest BCUT2D eigenvalue weighted by Crippen LogP contribution is 2.58. The van der Waals surface area contributed by atoms with Crippen molar-refractivity contribution in [1.82, 2.24) is 0 Å². The lowest BCUT2D eigenvalue weighted by molar-refractivity contribution is -0.00774. The average molecular weight is 611 g/mol. The molecule has 0 amide bonds. The summed E-state index contributed by atoms with van der Waals surface area (Å²) in [5, 5.41) is 8.05. The maximum Gasteiger partial charge on any atom is 0.123 e. The first-order valence-corrected chi connectivity index (χ1v) is 18.0. The Hall–Kier alpha value is -3.80. The highest BCUT2D eigenvalue weighted by Gasteiger charge is 2.45. The molecule has 5 aromatic rings. The van der Waals surface area contributed by atoms with Crippen LogP contribution in [0.3, 0.4) is 0 Å². The molecule has 1 heterocycles. The van der Waals surface area contributed by atoms with E-state index in [-0.39, 0.29) is 5.92 Å². The number of rotatable bonds is 6. The van der Waals surface area contributed by atoms with Gasteiger partial charge in [0.05, 0.1) is 18.8 Å². The van der Waals surface area contributed by atoms with Crippen molar-refractivity contribution in [3.05, 3.63) is 169 Å². The third-order valence-corrected chi connectivity index (χ3v) is 13.5. The molecule has 5 aromatic carbocycles. The van der Waals surface area contributed by atoms with Gasteiger partial charge in [-0.1, -0.05) is 152 Å². The maximum absolute atomic E-state index is 6.92. The van der Waals surface area contributed by atoms with Crippen molar-refractivity contribution in [2.75, 3.05) is 13.2 Å². The molecule has 0 fully saturated rings. The standard InChI is InChI=1S/C40H36O2P2/c1-40-28-15-27-37(44(33-21-10-4-11-22-33)34-23-12-5-13-24-34)39(40)38-35(41-29-16-30-42-40)25-14-26-36(38)43(31-17-6-2-7-18-31)32-19-8-3-9-20-32/h2-15,17-28,39H,16,29-30H2,1H3. The van der Waals surface area contributed by atoms with E-state index in [9.17, 15) is 0 Å². The fourth-order valence-corrected chi connectivity index (χ4v) is 11.7. The van der Waals surface area contributed by atoms with Crippen molar-refractivity contribution in [2.24, 2.45) is 0 Å². The Morgan fingerprint density at radius 1 is 0.591 bits per heavy atom. The van der Waals surface area contributed by atoms with Gasteiger partial charge in [-0.3, -0.25) is 0 Å². The summed E-state index contributed by atoms with van der Waals surface area (Å²) in [6.07, 6.45) is 7.72. The molecule has 4 heteroatoms. The number of fused-ring (bicyclic) bond motifs is 3. The second kappa shape index (κ2) is 13.1. The van der Waals surface area contributed by atoms with E-state index in [1.807, 2.05) is 0 Å². The SMILES string of the molecule is CC12C=CC=C(P(c3ccccc3)c3ccccc3)C1c1c(cccc1P(c1ccccc1)c1ccccc1)OCCCO2. The Bertz CT molecular complexity index is 1670. The predicted octanol–water partition coefficient (Wildman–Crippen LogP) is 7.67. The Morgan fingerprint density at radius 2 is 1.11 bits per heavy atom. The molecule has 1 aliphatic heterocycles. The number of allylic oxidation sites excluding steroid dienone is 2. The van der Waals surface area contributed by atoms with Crippen molar-refractivity contribution in [2.45, 2.75) is 24.9 Å². The number of hydrogen-bond acceptors (Lipinski definition) is 2. The normalized spacial score (nSPS) is 19.6. The van der Waals surface area contributed by atoms with E-state index in [4.69, 9.17) is 9.47 Å². The molecule has 0 aromatic heterocycles. The van der Waals surface area contributed by atoms with E-state index < -0.39 is 21.4 Å². The zero-order valence-electron chi connectivity index (χ0n) is 24.9. The van der Waals surface area contributed by atoms with Gasteiger partial charge < -0.3 is 9.47 Å². The van der Waals surface area contributed by atoms with Crippen LogP contribution in [0.5, 0.6) is 5.75 Å². The summed E-state index contributed by atoms with van der Waals surface area (Å²) in [6.45, 7) is 3.56. The second-order valence-corrected chi connectivity index (χ2v) is 15.7. The van der Waals surface area contributed by atoms with Gasteiger partial charge in [0.15, 0.2) is 0 Å². The van der Waals surface area contributed by atoms with Crippen molar-refractivity contribution in [3.63, 3.8) is 0 Å². The molecule has 2 unspecified atom stereocenters. The summed E-state index contributed by atoms with van der Waals surface area (Å²) in [4.78, 5) is 0. The topological polar surface area (TPSA) is 18.5 Å². The van der Waals surface area contributed by atoms with Crippen molar-refractivity contribution < 1.29 is 9.47 Å². The first-order chi connectivity index (χ1) is 21.7. The lowest BCUT2D eigenvalue weighted by Crippen LogP contribution is -2.40. The van der Waals surface area contributed by atoms with Gasteiger partial charge in [0, 0.05) is 17.9 Å². The van der Waals surface area contributed by atoms with Crippen LogP contribution in [-0.4, -0.2) is 18.8 Å². The van der Waals surface area contributed by atoms with E-state index in [1.54, 1.807) is 0 Å². The zero-order valence-corrected chi connectivity index (χ0v) is 26.7. The molecular formula is C40H36O2P2. The van der Waals surface area contributed by atoms with Crippen LogP contribution in [0.25, 0.3) is 0 Å².